The number of Topliss-reactive ketones (excluding diaryl/α,β-unsaturated/α-hetero) is 1. The standard InChI is InChI=1S/C20H21ClN4OS/c1-5-10-24-15(4)22-23-20(24)27-12-19(26)18-11-13(2)25(14(18)3)17-8-6-16(21)7-9-17/h5-9,11H,1,10,12H2,2-4H3. The van der Waals surface area contributed by atoms with Gasteiger partial charge < -0.3 is 9.13 Å². The molecule has 2 heterocycles. The third kappa shape index (κ3) is 4.01. The first-order chi connectivity index (χ1) is 12.9. The Balaban J connectivity index is 1.81. The smallest absolute Gasteiger partial charge is 0.191 e. The van der Waals surface area contributed by atoms with Crippen LogP contribution in [0.3, 0.4) is 0 Å². The topological polar surface area (TPSA) is 52.7 Å². The van der Waals surface area contributed by atoms with Crippen LogP contribution in [0.5, 0.6) is 0 Å². The minimum Gasteiger partial charge on any atom is -0.318 e. The third-order valence-electron chi connectivity index (χ3n) is 4.36. The quantitative estimate of drug-likeness (QED) is 0.324. The van der Waals surface area contributed by atoms with Gasteiger partial charge in [-0.15, -0.1) is 16.8 Å². The lowest BCUT2D eigenvalue weighted by molar-refractivity contribution is 0.102. The molecule has 0 spiro atoms. The first-order valence-electron chi connectivity index (χ1n) is 8.54. The van der Waals surface area contributed by atoms with E-state index in [2.05, 4.69) is 21.3 Å². The van der Waals surface area contributed by atoms with Gasteiger partial charge >= 0.3 is 0 Å². The summed E-state index contributed by atoms with van der Waals surface area (Å²) >= 11 is 7.38. The molecule has 0 atom stereocenters. The zero-order valence-corrected chi connectivity index (χ0v) is 17.1. The lowest BCUT2D eigenvalue weighted by Crippen LogP contribution is -2.07. The van der Waals surface area contributed by atoms with Crippen LogP contribution in [0.4, 0.5) is 0 Å². The lowest BCUT2D eigenvalue weighted by Gasteiger charge is -2.10. The van der Waals surface area contributed by atoms with Gasteiger partial charge in [-0.2, -0.15) is 0 Å². The monoisotopic (exact) mass is 400 g/mol. The molecule has 0 N–H and O–H groups in total. The number of benzene rings is 1. The normalized spacial score (nSPS) is 11.0. The Labute approximate surface area is 168 Å². The van der Waals surface area contributed by atoms with Crippen molar-refractivity contribution in [3.8, 4) is 5.69 Å². The molecule has 0 aliphatic carbocycles. The molecule has 0 amide bonds. The van der Waals surface area contributed by atoms with Gasteiger partial charge in [0.1, 0.15) is 5.82 Å². The molecular formula is C20H21ClN4OS. The van der Waals surface area contributed by atoms with Crippen molar-refractivity contribution < 1.29 is 4.79 Å². The molecule has 3 rings (SSSR count). The van der Waals surface area contributed by atoms with Crippen LogP contribution in [0.15, 0.2) is 48.1 Å². The molecule has 0 saturated heterocycles. The maximum atomic E-state index is 12.8. The number of ketones is 1. The highest BCUT2D eigenvalue weighted by Crippen LogP contribution is 2.25. The second-order valence-electron chi connectivity index (χ2n) is 6.24. The van der Waals surface area contributed by atoms with Crippen molar-refractivity contribution in [1.82, 2.24) is 19.3 Å². The summed E-state index contributed by atoms with van der Waals surface area (Å²) in [5.41, 5.74) is 3.64. The van der Waals surface area contributed by atoms with Gasteiger partial charge in [0.25, 0.3) is 0 Å². The number of carbonyl (C=O) groups excluding carboxylic acids is 1. The van der Waals surface area contributed by atoms with Crippen LogP contribution in [-0.2, 0) is 6.54 Å². The van der Waals surface area contributed by atoms with E-state index in [1.165, 1.54) is 11.8 Å². The Kier molecular flexibility index (Phi) is 5.87. The first kappa shape index (κ1) is 19.5. The predicted octanol–water partition coefficient (Wildman–Crippen LogP) is 4.81. The summed E-state index contributed by atoms with van der Waals surface area (Å²) in [7, 11) is 0. The summed E-state index contributed by atoms with van der Waals surface area (Å²) in [6.45, 7) is 10.2. The highest BCUT2D eigenvalue weighted by Gasteiger charge is 2.18. The fourth-order valence-corrected chi connectivity index (χ4v) is 4.05. The maximum Gasteiger partial charge on any atom is 0.191 e. The van der Waals surface area contributed by atoms with Gasteiger partial charge in [0, 0.05) is 34.2 Å². The largest absolute Gasteiger partial charge is 0.318 e. The Morgan fingerprint density at radius 1 is 1.22 bits per heavy atom. The molecular weight excluding hydrogens is 380 g/mol. The Hall–Kier alpha value is -2.31. The summed E-state index contributed by atoms with van der Waals surface area (Å²) in [4.78, 5) is 12.8. The number of aryl methyl sites for hydroxylation is 2. The van der Waals surface area contributed by atoms with Crippen LogP contribution >= 0.6 is 23.4 Å². The molecule has 0 bridgehead atoms. The lowest BCUT2D eigenvalue weighted by atomic mass is 10.2. The molecule has 0 radical (unpaired) electrons. The number of nitrogens with zero attached hydrogens (tertiary/aromatic N) is 4. The summed E-state index contributed by atoms with van der Waals surface area (Å²) in [5.74, 6) is 1.19. The van der Waals surface area contributed by atoms with E-state index in [1.54, 1.807) is 6.08 Å². The van der Waals surface area contributed by atoms with Crippen LogP contribution in [0, 0.1) is 20.8 Å². The summed E-state index contributed by atoms with van der Waals surface area (Å²) < 4.78 is 4.01. The van der Waals surface area contributed by atoms with Crippen molar-refractivity contribution in [2.24, 2.45) is 0 Å². The zero-order chi connectivity index (χ0) is 19.6. The number of rotatable bonds is 7. The molecule has 1 aromatic carbocycles. The van der Waals surface area contributed by atoms with E-state index in [4.69, 9.17) is 11.6 Å². The number of halogens is 1. The number of hydrogen-bond donors (Lipinski definition) is 0. The molecule has 7 heteroatoms. The minimum absolute atomic E-state index is 0.0686. The van der Waals surface area contributed by atoms with Gasteiger partial charge in [0.05, 0.1) is 5.75 Å². The Bertz CT molecular complexity index is 988. The van der Waals surface area contributed by atoms with Crippen LogP contribution < -0.4 is 0 Å². The molecule has 2 aromatic heterocycles. The molecule has 0 aliphatic rings. The second kappa shape index (κ2) is 8.15. The molecule has 5 nitrogen and oxygen atoms in total. The minimum atomic E-state index is 0.0686. The van der Waals surface area contributed by atoms with E-state index in [0.717, 1.165) is 33.6 Å². The van der Waals surface area contributed by atoms with Crippen molar-refractivity contribution in [2.45, 2.75) is 32.5 Å². The van der Waals surface area contributed by atoms with Crippen molar-refractivity contribution in [3.63, 3.8) is 0 Å². The Morgan fingerprint density at radius 3 is 2.59 bits per heavy atom. The van der Waals surface area contributed by atoms with E-state index in [0.29, 0.717) is 17.3 Å². The van der Waals surface area contributed by atoms with Gasteiger partial charge in [0.15, 0.2) is 10.9 Å². The molecule has 0 unspecified atom stereocenters. The fourth-order valence-electron chi connectivity index (χ4n) is 3.05. The van der Waals surface area contributed by atoms with E-state index >= 15 is 0 Å². The highest BCUT2D eigenvalue weighted by molar-refractivity contribution is 7.99. The number of hydrogen-bond acceptors (Lipinski definition) is 4. The number of thioether (sulfide) groups is 1. The molecule has 0 saturated carbocycles. The third-order valence-corrected chi connectivity index (χ3v) is 5.58. The van der Waals surface area contributed by atoms with Crippen LogP contribution in [-0.4, -0.2) is 30.9 Å². The number of carbonyl (C=O) groups is 1. The average molecular weight is 401 g/mol. The van der Waals surface area contributed by atoms with Crippen LogP contribution in [0.25, 0.3) is 5.69 Å². The molecule has 0 fully saturated rings. The maximum absolute atomic E-state index is 12.8. The molecule has 27 heavy (non-hydrogen) atoms. The Morgan fingerprint density at radius 2 is 1.93 bits per heavy atom. The SMILES string of the molecule is C=CCn1c(C)nnc1SCC(=O)c1cc(C)n(-c2ccc(Cl)cc2)c1C. The summed E-state index contributed by atoms with van der Waals surface area (Å²) in [5, 5.41) is 9.66. The summed E-state index contributed by atoms with van der Waals surface area (Å²) in [6, 6.07) is 9.54. The van der Waals surface area contributed by atoms with Crippen molar-refractivity contribution >= 4 is 29.1 Å². The fraction of sp³-hybridized carbons (Fsp3) is 0.250. The molecule has 3 aromatic rings. The average Bonchev–Trinajstić information content (AvgIpc) is 3.14. The van der Waals surface area contributed by atoms with Gasteiger partial charge in [0.2, 0.25) is 0 Å². The van der Waals surface area contributed by atoms with Crippen LogP contribution in [0.1, 0.15) is 27.6 Å². The van der Waals surface area contributed by atoms with Gasteiger partial charge in [-0.05, 0) is 51.1 Å². The second-order valence-corrected chi connectivity index (χ2v) is 7.62. The van der Waals surface area contributed by atoms with E-state index in [9.17, 15) is 4.79 Å². The number of aromatic nitrogens is 4. The van der Waals surface area contributed by atoms with Crippen molar-refractivity contribution in [2.75, 3.05) is 5.75 Å². The van der Waals surface area contributed by atoms with Gasteiger partial charge in [-0.1, -0.05) is 29.4 Å². The summed E-state index contributed by atoms with van der Waals surface area (Å²) in [6.07, 6.45) is 1.79. The zero-order valence-electron chi connectivity index (χ0n) is 15.6. The number of allylic oxidation sites excluding steroid dienone is 1. The van der Waals surface area contributed by atoms with Crippen molar-refractivity contribution in [3.05, 3.63) is 70.8 Å². The molecule has 140 valence electrons. The van der Waals surface area contributed by atoms with E-state index < -0.39 is 0 Å². The van der Waals surface area contributed by atoms with E-state index in [-0.39, 0.29) is 5.78 Å². The predicted molar refractivity (Wildman–Crippen MR) is 110 cm³/mol. The highest BCUT2D eigenvalue weighted by atomic mass is 35.5. The molecule has 0 aliphatic heterocycles. The van der Waals surface area contributed by atoms with Gasteiger partial charge in [-0.3, -0.25) is 4.79 Å². The van der Waals surface area contributed by atoms with Crippen LogP contribution in [0.2, 0.25) is 5.02 Å². The van der Waals surface area contributed by atoms with Gasteiger partial charge in [-0.25, -0.2) is 0 Å². The first-order valence-corrected chi connectivity index (χ1v) is 9.90. The van der Waals surface area contributed by atoms with E-state index in [1.807, 2.05) is 55.7 Å². The van der Waals surface area contributed by atoms with Crippen molar-refractivity contribution in [1.29, 1.82) is 0 Å².